The van der Waals surface area contributed by atoms with Crippen LogP contribution in [0.25, 0.3) is 6.08 Å². The quantitative estimate of drug-likeness (QED) is 0.670. The number of amides is 2. The highest BCUT2D eigenvalue weighted by molar-refractivity contribution is 6.05. The van der Waals surface area contributed by atoms with Gasteiger partial charge in [0.2, 0.25) is 0 Å². The number of furan rings is 1. The number of aliphatic carboxylic acids is 1. The predicted octanol–water partition coefficient (Wildman–Crippen LogP) is 1.64. The minimum absolute atomic E-state index is 0.0378. The Bertz CT molecular complexity index is 736. The van der Waals surface area contributed by atoms with Crippen LogP contribution >= 0.6 is 0 Å². The third kappa shape index (κ3) is 5.13. The van der Waals surface area contributed by atoms with E-state index in [4.69, 9.17) is 9.52 Å². The van der Waals surface area contributed by atoms with E-state index in [1.165, 1.54) is 12.3 Å². The standard InChI is InChI=1S/C17H16N2O5/c20-15(21)8-9-18-17(23)14(11-13-7-4-10-24-13)19-16(22)12-5-2-1-3-6-12/h1-7,10-11H,8-9H2,(H,18,23)(H,19,22)(H,20,21). The highest BCUT2D eigenvalue weighted by Gasteiger charge is 2.15. The highest BCUT2D eigenvalue weighted by atomic mass is 16.4. The van der Waals surface area contributed by atoms with Crippen LogP contribution in [0.4, 0.5) is 0 Å². The molecule has 7 heteroatoms. The molecule has 1 aromatic heterocycles. The number of hydrogen-bond acceptors (Lipinski definition) is 4. The van der Waals surface area contributed by atoms with Gasteiger partial charge in [0.1, 0.15) is 11.5 Å². The smallest absolute Gasteiger partial charge is 0.305 e. The second-order valence-corrected chi connectivity index (χ2v) is 4.79. The van der Waals surface area contributed by atoms with Crippen molar-refractivity contribution in [1.29, 1.82) is 0 Å². The van der Waals surface area contributed by atoms with Crippen molar-refractivity contribution in [2.45, 2.75) is 6.42 Å². The van der Waals surface area contributed by atoms with E-state index in [0.29, 0.717) is 11.3 Å². The molecule has 0 aliphatic carbocycles. The van der Waals surface area contributed by atoms with Gasteiger partial charge >= 0.3 is 5.97 Å². The second kappa shape index (κ2) is 8.33. The maximum absolute atomic E-state index is 12.2. The van der Waals surface area contributed by atoms with E-state index < -0.39 is 17.8 Å². The Labute approximate surface area is 138 Å². The maximum Gasteiger partial charge on any atom is 0.305 e. The summed E-state index contributed by atoms with van der Waals surface area (Å²) < 4.78 is 5.14. The number of hydrogen-bond donors (Lipinski definition) is 3. The van der Waals surface area contributed by atoms with Crippen molar-refractivity contribution < 1.29 is 23.9 Å². The first kappa shape index (κ1) is 17.0. The summed E-state index contributed by atoms with van der Waals surface area (Å²) in [5, 5.41) is 13.6. The van der Waals surface area contributed by atoms with E-state index in [0.717, 1.165) is 0 Å². The largest absolute Gasteiger partial charge is 0.481 e. The van der Waals surface area contributed by atoms with Crippen LogP contribution in [-0.4, -0.2) is 29.4 Å². The first-order valence-electron chi connectivity index (χ1n) is 7.18. The second-order valence-electron chi connectivity index (χ2n) is 4.79. The molecule has 124 valence electrons. The summed E-state index contributed by atoms with van der Waals surface area (Å²) in [5.41, 5.74) is 0.352. The fourth-order valence-electron chi connectivity index (χ4n) is 1.84. The minimum atomic E-state index is -1.03. The molecule has 7 nitrogen and oxygen atoms in total. The van der Waals surface area contributed by atoms with Crippen molar-refractivity contribution in [2.75, 3.05) is 6.54 Å². The predicted molar refractivity (Wildman–Crippen MR) is 85.9 cm³/mol. The molecule has 1 heterocycles. The Morgan fingerprint density at radius 2 is 1.83 bits per heavy atom. The Morgan fingerprint density at radius 1 is 1.08 bits per heavy atom. The minimum Gasteiger partial charge on any atom is -0.481 e. The van der Waals surface area contributed by atoms with Crippen LogP contribution in [-0.2, 0) is 9.59 Å². The van der Waals surface area contributed by atoms with E-state index in [2.05, 4.69) is 10.6 Å². The van der Waals surface area contributed by atoms with Gasteiger partial charge in [0.15, 0.2) is 0 Å². The summed E-state index contributed by atoms with van der Waals surface area (Å²) in [6, 6.07) is 11.7. The number of carboxylic acids is 1. The van der Waals surface area contributed by atoms with Crippen LogP contribution in [0.3, 0.4) is 0 Å². The Balaban J connectivity index is 2.12. The lowest BCUT2D eigenvalue weighted by Crippen LogP contribution is -2.35. The summed E-state index contributed by atoms with van der Waals surface area (Å²) in [6.45, 7) is -0.0507. The zero-order valence-electron chi connectivity index (χ0n) is 12.7. The van der Waals surface area contributed by atoms with E-state index >= 15 is 0 Å². The SMILES string of the molecule is O=C(O)CCNC(=O)C(=Cc1ccco1)NC(=O)c1ccccc1. The van der Waals surface area contributed by atoms with Gasteiger partial charge in [-0.15, -0.1) is 0 Å². The lowest BCUT2D eigenvalue weighted by molar-refractivity contribution is -0.136. The van der Waals surface area contributed by atoms with Crippen LogP contribution in [0.5, 0.6) is 0 Å². The molecule has 0 fully saturated rings. The third-order valence-electron chi connectivity index (χ3n) is 2.98. The van der Waals surface area contributed by atoms with Crippen LogP contribution < -0.4 is 10.6 Å². The van der Waals surface area contributed by atoms with Gasteiger partial charge in [0.05, 0.1) is 12.7 Å². The van der Waals surface area contributed by atoms with Gasteiger partial charge in [-0.25, -0.2) is 0 Å². The molecule has 0 saturated carbocycles. The van der Waals surface area contributed by atoms with Crippen LogP contribution in [0.1, 0.15) is 22.5 Å². The Morgan fingerprint density at radius 3 is 2.46 bits per heavy atom. The summed E-state index contributed by atoms with van der Waals surface area (Å²) >= 11 is 0. The van der Waals surface area contributed by atoms with Crippen LogP contribution in [0.2, 0.25) is 0 Å². The summed E-state index contributed by atoms with van der Waals surface area (Å²) in [4.78, 5) is 34.9. The third-order valence-corrected chi connectivity index (χ3v) is 2.98. The molecular formula is C17H16N2O5. The number of rotatable bonds is 7. The number of carbonyl (C=O) groups is 3. The van der Waals surface area contributed by atoms with Crippen molar-refractivity contribution in [2.24, 2.45) is 0 Å². The first-order valence-corrected chi connectivity index (χ1v) is 7.18. The van der Waals surface area contributed by atoms with E-state index in [1.807, 2.05) is 0 Å². The van der Waals surface area contributed by atoms with Crippen molar-refractivity contribution in [3.8, 4) is 0 Å². The van der Waals surface area contributed by atoms with Crippen LogP contribution in [0.15, 0.2) is 58.8 Å². The fraction of sp³-hybridized carbons (Fsp3) is 0.118. The van der Waals surface area contributed by atoms with E-state index in [9.17, 15) is 14.4 Å². The molecule has 2 rings (SSSR count). The molecule has 0 aliphatic heterocycles. The molecule has 24 heavy (non-hydrogen) atoms. The van der Waals surface area contributed by atoms with Gasteiger partial charge in [0.25, 0.3) is 11.8 Å². The maximum atomic E-state index is 12.2. The molecule has 0 bridgehead atoms. The summed E-state index contributed by atoms with van der Waals surface area (Å²) in [6.07, 6.45) is 2.59. The molecule has 0 spiro atoms. The topological polar surface area (TPSA) is 109 Å². The van der Waals surface area contributed by atoms with Gasteiger partial charge in [0, 0.05) is 18.2 Å². The molecule has 3 N–H and O–H groups in total. The van der Waals surface area contributed by atoms with Crippen molar-refractivity contribution in [3.63, 3.8) is 0 Å². The molecule has 2 aromatic rings. The van der Waals surface area contributed by atoms with Gasteiger partial charge in [-0.3, -0.25) is 14.4 Å². The van der Waals surface area contributed by atoms with E-state index in [1.54, 1.807) is 42.5 Å². The summed E-state index contributed by atoms with van der Waals surface area (Å²) in [5.74, 6) is -1.70. The highest BCUT2D eigenvalue weighted by Crippen LogP contribution is 2.07. The monoisotopic (exact) mass is 328 g/mol. The molecule has 2 amide bonds. The van der Waals surface area contributed by atoms with Gasteiger partial charge in [-0.1, -0.05) is 18.2 Å². The lowest BCUT2D eigenvalue weighted by atomic mass is 10.2. The van der Waals surface area contributed by atoms with Crippen molar-refractivity contribution in [1.82, 2.24) is 10.6 Å². The van der Waals surface area contributed by atoms with Gasteiger partial charge in [-0.2, -0.15) is 0 Å². The molecule has 0 aliphatic rings. The normalized spacial score (nSPS) is 10.9. The Kier molecular flexibility index (Phi) is 5.90. The summed E-state index contributed by atoms with van der Waals surface area (Å²) in [7, 11) is 0. The first-order chi connectivity index (χ1) is 11.6. The van der Waals surface area contributed by atoms with Crippen molar-refractivity contribution in [3.05, 3.63) is 65.7 Å². The number of nitrogens with one attached hydrogen (secondary N) is 2. The van der Waals surface area contributed by atoms with Crippen LogP contribution in [0, 0.1) is 0 Å². The van der Waals surface area contributed by atoms with Gasteiger partial charge in [-0.05, 0) is 24.3 Å². The average molecular weight is 328 g/mol. The molecule has 1 aromatic carbocycles. The Hall–Kier alpha value is -3.35. The molecular weight excluding hydrogens is 312 g/mol. The molecule has 0 radical (unpaired) electrons. The number of benzene rings is 1. The van der Waals surface area contributed by atoms with E-state index in [-0.39, 0.29) is 18.7 Å². The molecule has 0 unspecified atom stereocenters. The molecule has 0 saturated heterocycles. The fourth-order valence-corrected chi connectivity index (χ4v) is 1.84. The number of carboxylic acid groups (broad SMARTS) is 1. The van der Waals surface area contributed by atoms with Gasteiger partial charge < -0.3 is 20.2 Å². The molecule has 0 atom stereocenters. The number of carbonyl (C=O) groups excluding carboxylic acids is 2. The zero-order chi connectivity index (χ0) is 17.4. The zero-order valence-corrected chi connectivity index (χ0v) is 12.7. The lowest BCUT2D eigenvalue weighted by Gasteiger charge is -2.10. The van der Waals surface area contributed by atoms with Crippen molar-refractivity contribution >= 4 is 23.9 Å². The average Bonchev–Trinajstić information content (AvgIpc) is 3.07.